The largest absolute Gasteiger partial charge is 0.496 e. The monoisotopic (exact) mass is 499 g/mol. The molecule has 36 heavy (non-hydrogen) atoms. The number of imidazole rings is 1. The number of alkyl halides is 2. The van der Waals surface area contributed by atoms with E-state index in [4.69, 9.17) is 9.47 Å². The summed E-state index contributed by atoms with van der Waals surface area (Å²) in [4.78, 5) is 22.0. The number of hydrogen-bond donors (Lipinski definition) is 1. The summed E-state index contributed by atoms with van der Waals surface area (Å²) >= 11 is 0. The van der Waals surface area contributed by atoms with E-state index < -0.39 is 12.5 Å². The zero-order chi connectivity index (χ0) is 25.4. The molecule has 1 amide bonds. The number of amides is 1. The Morgan fingerprint density at radius 1 is 1.14 bits per heavy atom. The highest BCUT2D eigenvalue weighted by Gasteiger charge is 2.29. The summed E-state index contributed by atoms with van der Waals surface area (Å²) in [6, 6.07) is 7.83. The molecular weight excluding hydrogens is 468 g/mol. The fourth-order valence-corrected chi connectivity index (χ4v) is 4.82. The predicted molar refractivity (Wildman–Crippen MR) is 133 cm³/mol. The number of fused-ring (bicyclic) bond motifs is 1. The van der Waals surface area contributed by atoms with Crippen molar-refractivity contribution in [3.63, 3.8) is 0 Å². The van der Waals surface area contributed by atoms with Gasteiger partial charge in [-0.25, -0.2) is 4.98 Å². The lowest BCUT2D eigenvalue weighted by atomic mass is 10.0. The summed E-state index contributed by atoms with van der Waals surface area (Å²) in [7, 11) is 5.65. The third kappa shape index (κ3) is 4.95. The summed E-state index contributed by atoms with van der Waals surface area (Å²) < 4.78 is 38.6. The number of nitrogens with one attached hydrogen (secondary N) is 1. The minimum atomic E-state index is -3.08. The van der Waals surface area contributed by atoms with Crippen molar-refractivity contribution in [3.8, 4) is 22.8 Å². The molecule has 2 aliphatic rings. The molecule has 1 saturated carbocycles. The number of rotatable bonds is 8. The third-order valence-electron chi connectivity index (χ3n) is 6.99. The molecular formula is C26H31F2N5O3. The van der Waals surface area contributed by atoms with Gasteiger partial charge in [0.2, 0.25) is 0 Å². The van der Waals surface area contributed by atoms with E-state index in [0.29, 0.717) is 17.3 Å². The summed E-state index contributed by atoms with van der Waals surface area (Å²) in [5.74, 6) is -0.554. The number of hydrogen-bond acceptors (Lipinski definition) is 6. The van der Waals surface area contributed by atoms with Gasteiger partial charge in [0.05, 0.1) is 19.0 Å². The quantitative estimate of drug-likeness (QED) is 0.505. The van der Waals surface area contributed by atoms with Crippen molar-refractivity contribution in [2.45, 2.75) is 44.4 Å². The Morgan fingerprint density at radius 2 is 1.86 bits per heavy atom. The van der Waals surface area contributed by atoms with Crippen molar-refractivity contribution in [1.29, 1.82) is 0 Å². The molecule has 2 aromatic heterocycles. The molecule has 0 atom stereocenters. The fourth-order valence-electron chi connectivity index (χ4n) is 4.82. The Hall–Kier alpha value is -3.40. The second kappa shape index (κ2) is 9.93. The number of aromatic nitrogens is 2. The fraction of sp³-hybridized carbons (Fsp3) is 0.462. The van der Waals surface area contributed by atoms with Gasteiger partial charge in [-0.3, -0.25) is 9.20 Å². The highest BCUT2D eigenvalue weighted by molar-refractivity contribution is 6.01. The minimum Gasteiger partial charge on any atom is -0.496 e. The predicted octanol–water partition coefficient (Wildman–Crippen LogP) is 4.03. The number of halogens is 2. The molecule has 3 aromatic rings. The Kier molecular flexibility index (Phi) is 6.70. The van der Waals surface area contributed by atoms with Crippen molar-refractivity contribution in [3.05, 3.63) is 42.2 Å². The van der Waals surface area contributed by atoms with Gasteiger partial charge >= 0.3 is 6.61 Å². The highest BCUT2D eigenvalue weighted by atomic mass is 19.3. The molecule has 10 heteroatoms. The molecule has 1 aromatic carbocycles. The maximum absolute atomic E-state index is 13.3. The van der Waals surface area contributed by atoms with Crippen LogP contribution in [0.15, 0.2) is 36.7 Å². The number of piperidine rings is 1. The van der Waals surface area contributed by atoms with Crippen LogP contribution < -0.4 is 19.7 Å². The van der Waals surface area contributed by atoms with Gasteiger partial charge in [-0.2, -0.15) is 8.78 Å². The Labute approximate surface area is 208 Å². The normalized spacial score (nSPS) is 16.7. The van der Waals surface area contributed by atoms with E-state index in [9.17, 15) is 13.6 Å². The maximum atomic E-state index is 13.3. The average Bonchev–Trinajstić information content (AvgIpc) is 3.57. The number of benzene rings is 1. The van der Waals surface area contributed by atoms with Crippen LogP contribution in [-0.4, -0.2) is 73.2 Å². The van der Waals surface area contributed by atoms with Gasteiger partial charge in [-0.05, 0) is 58.0 Å². The zero-order valence-electron chi connectivity index (χ0n) is 20.7. The van der Waals surface area contributed by atoms with E-state index in [1.54, 1.807) is 12.3 Å². The number of anilines is 1. The lowest BCUT2D eigenvalue weighted by molar-refractivity contribution is -0.0502. The third-order valence-corrected chi connectivity index (χ3v) is 6.99. The van der Waals surface area contributed by atoms with E-state index >= 15 is 0 Å². The molecule has 0 radical (unpaired) electrons. The maximum Gasteiger partial charge on any atom is 0.387 e. The summed E-state index contributed by atoms with van der Waals surface area (Å²) in [6.45, 7) is -1.14. The zero-order valence-corrected chi connectivity index (χ0v) is 20.7. The topological polar surface area (TPSA) is 71.3 Å². The average molecular weight is 500 g/mol. The van der Waals surface area contributed by atoms with E-state index in [2.05, 4.69) is 34.2 Å². The van der Waals surface area contributed by atoms with E-state index in [0.717, 1.165) is 50.1 Å². The molecule has 3 heterocycles. The first kappa shape index (κ1) is 24.3. The lowest BCUT2D eigenvalue weighted by Crippen LogP contribution is -2.42. The first-order chi connectivity index (χ1) is 17.3. The molecule has 5 rings (SSSR count). The van der Waals surface area contributed by atoms with Crippen LogP contribution in [0.1, 0.15) is 36.0 Å². The van der Waals surface area contributed by atoms with Crippen LogP contribution in [-0.2, 0) is 0 Å². The van der Waals surface area contributed by atoms with Crippen LogP contribution >= 0.6 is 0 Å². The lowest BCUT2D eigenvalue weighted by Gasteiger charge is -2.36. The van der Waals surface area contributed by atoms with Crippen molar-refractivity contribution in [1.82, 2.24) is 19.6 Å². The number of carbonyl (C=O) groups excluding carboxylic acids is 1. The minimum absolute atomic E-state index is 0.0364. The first-order valence-corrected chi connectivity index (χ1v) is 12.2. The van der Waals surface area contributed by atoms with Gasteiger partial charge < -0.3 is 24.6 Å². The van der Waals surface area contributed by atoms with E-state index in [1.165, 1.54) is 13.2 Å². The van der Waals surface area contributed by atoms with Crippen LogP contribution in [0.5, 0.6) is 11.5 Å². The smallest absolute Gasteiger partial charge is 0.387 e. The van der Waals surface area contributed by atoms with Gasteiger partial charge in [-0.15, -0.1) is 0 Å². The summed E-state index contributed by atoms with van der Waals surface area (Å²) in [5, 5.41) is 2.82. The van der Waals surface area contributed by atoms with Gasteiger partial charge in [-0.1, -0.05) is 0 Å². The van der Waals surface area contributed by atoms with Gasteiger partial charge in [0.25, 0.3) is 5.91 Å². The molecule has 0 spiro atoms. The molecule has 1 aliphatic carbocycles. The molecule has 2 fully saturated rings. The Morgan fingerprint density at radius 3 is 2.50 bits per heavy atom. The number of methoxy groups -OCH3 is 1. The van der Waals surface area contributed by atoms with Crippen LogP contribution in [0.4, 0.5) is 14.5 Å². The summed E-state index contributed by atoms with van der Waals surface area (Å²) in [6.07, 6.45) is 7.56. The van der Waals surface area contributed by atoms with Crippen LogP contribution in [0.3, 0.4) is 0 Å². The molecule has 0 bridgehead atoms. The van der Waals surface area contributed by atoms with Crippen LogP contribution in [0.25, 0.3) is 16.9 Å². The van der Waals surface area contributed by atoms with E-state index in [1.807, 2.05) is 22.7 Å². The van der Waals surface area contributed by atoms with Crippen molar-refractivity contribution < 1.29 is 23.0 Å². The first-order valence-electron chi connectivity index (χ1n) is 12.2. The molecule has 1 N–H and O–H groups in total. The molecule has 192 valence electrons. The van der Waals surface area contributed by atoms with Gasteiger partial charge in [0.15, 0.2) is 0 Å². The van der Waals surface area contributed by atoms with Crippen LogP contribution in [0.2, 0.25) is 0 Å². The number of ether oxygens (including phenoxy) is 2. The second-order valence-electron chi connectivity index (χ2n) is 9.62. The Balaban J connectivity index is 1.47. The van der Waals surface area contributed by atoms with Crippen molar-refractivity contribution >= 4 is 17.2 Å². The van der Waals surface area contributed by atoms with E-state index in [-0.39, 0.29) is 23.1 Å². The molecule has 1 aliphatic heterocycles. The van der Waals surface area contributed by atoms with Crippen LogP contribution in [0, 0.1) is 0 Å². The van der Waals surface area contributed by atoms with Crippen molar-refractivity contribution in [2.24, 2.45) is 0 Å². The number of nitrogens with zero attached hydrogens (tertiary/aromatic N) is 4. The molecule has 8 nitrogen and oxygen atoms in total. The van der Waals surface area contributed by atoms with Crippen molar-refractivity contribution in [2.75, 3.05) is 39.2 Å². The number of carbonyl (C=O) groups is 1. The Bertz CT molecular complexity index is 1250. The SMILES string of the molecule is COc1cc(-c2cnc3cc(N4CCC(N(C)C)CC4)ccn23)cc(OC(F)F)c1C(=O)NC1CC1. The van der Waals surface area contributed by atoms with Gasteiger partial charge in [0, 0.05) is 48.7 Å². The molecule has 0 unspecified atom stereocenters. The van der Waals surface area contributed by atoms with Gasteiger partial charge in [0.1, 0.15) is 22.7 Å². The standard InChI is InChI=1S/C26H31F2N5O3/c1-31(2)18-6-9-32(10-7-18)19-8-11-33-20(15-29-23(33)14-19)16-12-21(35-3)24(22(13-16)36-26(27)28)25(34)30-17-4-5-17/h8,11-15,17-18,26H,4-7,9-10H2,1-3H3,(H,30,34). The second-order valence-corrected chi connectivity index (χ2v) is 9.62. The highest BCUT2D eigenvalue weighted by Crippen LogP contribution is 2.37. The number of pyridine rings is 1. The molecule has 1 saturated heterocycles. The summed E-state index contributed by atoms with van der Waals surface area (Å²) in [5.41, 5.74) is 3.03.